The summed E-state index contributed by atoms with van der Waals surface area (Å²) in [5.41, 5.74) is 0.854. The maximum absolute atomic E-state index is 13.7. The number of amides is 1. The van der Waals surface area contributed by atoms with Gasteiger partial charge in [-0.2, -0.15) is 0 Å². The van der Waals surface area contributed by atoms with E-state index in [0.29, 0.717) is 29.4 Å². The highest BCUT2D eigenvalue weighted by molar-refractivity contribution is 7.92. The molecular formula is C23H27NO5S. The largest absolute Gasteiger partial charge is 0.497 e. The molecule has 2 aliphatic rings. The van der Waals surface area contributed by atoms with Gasteiger partial charge >= 0.3 is 0 Å². The van der Waals surface area contributed by atoms with Crippen LogP contribution in [-0.4, -0.2) is 44.4 Å². The Hall–Kier alpha value is -2.54. The molecule has 30 heavy (non-hydrogen) atoms. The fourth-order valence-corrected chi connectivity index (χ4v) is 6.35. The Labute approximate surface area is 177 Å². The third kappa shape index (κ3) is 3.07. The van der Waals surface area contributed by atoms with Crippen LogP contribution >= 0.6 is 0 Å². The summed E-state index contributed by atoms with van der Waals surface area (Å²) in [6, 6.07) is 12.2. The lowest BCUT2D eigenvalue weighted by atomic mass is 9.80. The van der Waals surface area contributed by atoms with E-state index in [1.54, 1.807) is 44.5 Å². The number of hydrogen-bond donors (Lipinski definition) is 0. The third-order valence-electron chi connectivity index (χ3n) is 6.40. The number of ether oxygens (including phenoxy) is 2. The van der Waals surface area contributed by atoms with E-state index in [1.165, 1.54) is 4.90 Å². The fraction of sp³-hybridized carbons (Fsp3) is 0.435. The molecule has 0 aliphatic carbocycles. The van der Waals surface area contributed by atoms with E-state index in [0.717, 1.165) is 5.56 Å². The summed E-state index contributed by atoms with van der Waals surface area (Å²) >= 11 is 0. The summed E-state index contributed by atoms with van der Waals surface area (Å²) in [7, 11) is -0.750. The van der Waals surface area contributed by atoms with Crippen molar-refractivity contribution in [2.75, 3.05) is 14.2 Å². The number of likely N-dealkylation sites (tertiary alicyclic amines) is 1. The van der Waals surface area contributed by atoms with Crippen LogP contribution in [0.3, 0.4) is 0 Å². The zero-order chi connectivity index (χ0) is 21.8. The zero-order valence-corrected chi connectivity index (χ0v) is 18.7. The molecule has 2 heterocycles. The number of sulfone groups is 1. The Balaban J connectivity index is 1.85. The van der Waals surface area contributed by atoms with Gasteiger partial charge in [-0.3, -0.25) is 4.79 Å². The molecule has 2 aliphatic heterocycles. The summed E-state index contributed by atoms with van der Waals surface area (Å²) in [5, 5.41) is -1.21. The molecule has 0 aromatic heterocycles. The van der Waals surface area contributed by atoms with E-state index in [1.807, 2.05) is 19.1 Å². The predicted octanol–water partition coefficient (Wildman–Crippen LogP) is 3.72. The molecular weight excluding hydrogens is 402 g/mol. The molecule has 0 unspecified atom stereocenters. The number of piperidine rings is 1. The normalized spacial score (nSPS) is 25.7. The Bertz CT molecular complexity index is 1090. The Morgan fingerprint density at radius 2 is 1.83 bits per heavy atom. The third-order valence-corrected chi connectivity index (χ3v) is 8.53. The summed E-state index contributed by atoms with van der Waals surface area (Å²) in [6.45, 7) is 5.93. The minimum Gasteiger partial charge on any atom is -0.497 e. The molecule has 2 bridgehead atoms. The average Bonchev–Trinajstić information content (AvgIpc) is 2.72. The van der Waals surface area contributed by atoms with E-state index in [2.05, 4.69) is 13.8 Å². The lowest BCUT2D eigenvalue weighted by Crippen LogP contribution is -2.64. The van der Waals surface area contributed by atoms with Crippen molar-refractivity contribution in [3.8, 4) is 11.5 Å². The number of carbonyl (C=O) groups excluding carboxylic acids is 1. The van der Waals surface area contributed by atoms with Crippen LogP contribution in [0.4, 0.5) is 0 Å². The van der Waals surface area contributed by atoms with Crippen molar-refractivity contribution in [1.29, 1.82) is 0 Å². The van der Waals surface area contributed by atoms with Gasteiger partial charge < -0.3 is 14.4 Å². The van der Waals surface area contributed by atoms with Gasteiger partial charge in [0.15, 0.2) is 20.8 Å². The van der Waals surface area contributed by atoms with Gasteiger partial charge in [0.1, 0.15) is 11.5 Å². The highest BCUT2D eigenvalue weighted by atomic mass is 32.2. The predicted molar refractivity (Wildman–Crippen MR) is 114 cm³/mol. The summed E-state index contributed by atoms with van der Waals surface area (Å²) in [4.78, 5) is 14.9. The minimum atomic E-state index is -3.91. The van der Waals surface area contributed by atoms with Crippen molar-refractivity contribution in [1.82, 2.24) is 4.90 Å². The van der Waals surface area contributed by atoms with Crippen LogP contribution in [0.1, 0.15) is 50.2 Å². The van der Waals surface area contributed by atoms with Crippen LogP contribution in [-0.2, 0) is 14.6 Å². The SMILES string of the molecule is COc1ccc2c(c1)[C@H]1C[C@@](C)(O2)N(C)C(=O)[C@@H]1S(=O)(=O)c1ccc(C(C)C)cc1. The summed E-state index contributed by atoms with van der Waals surface area (Å²) in [6.07, 6.45) is 0.392. The Morgan fingerprint density at radius 3 is 2.43 bits per heavy atom. The quantitative estimate of drug-likeness (QED) is 0.741. The molecule has 1 fully saturated rings. The van der Waals surface area contributed by atoms with Gasteiger partial charge in [0.05, 0.1) is 12.0 Å². The van der Waals surface area contributed by atoms with Crippen molar-refractivity contribution in [2.24, 2.45) is 0 Å². The van der Waals surface area contributed by atoms with Gasteiger partial charge in [0.2, 0.25) is 5.91 Å². The Morgan fingerprint density at radius 1 is 1.17 bits per heavy atom. The van der Waals surface area contributed by atoms with Crippen LogP contribution in [0.25, 0.3) is 0 Å². The second-order valence-electron chi connectivity index (χ2n) is 8.58. The molecule has 4 rings (SSSR count). The second kappa shape index (κ2) is 7.01. The van der Waals surface area contributed by atoms with Crippen molar-refractivity contribution in [3.63, 3.8) is 0 Å². The number of nitrogens with zero attached hydrogens (tertiary/aromatic N) is 1. The first kappa shape index (κ1) is 20.7. The number of rotatable bonds is 4. The van der Waals surface area contributed by atoms with Gasteiger partial charge in [-0.15, -0.1) is 0 Å². The Kier molecular flexibility index (Phi) is 4.84. The standard InChI is InChI=1S/C23H27NO5S/c1-14(2)15-6-9-17(10-7-15)30(26,27)21-19-13-23(3,24(4)22(21)25)29-20-11-8-16(28-5)12-18(19)20/h6-12,14,19,21H,13H2,1-5H3/t19-,21-,23-/m1/s1. The van der Waals surface area contributed by atoms with Gasteiger partial charge in [0, 0.05) is 24.9 Å². The average molecular weight is 430 g/mol. The molecule has 7 heteroatoms. The summed E-state index contributed by atoms with van der Waals surface area (Å²) in [5.74, 6) is 0.510. The molecule has 1 amide bonds. The first-order valence-corrected chi connectivity index (χ1v) is 11.6. The molecule has 3 atom stereocenters. The highest BCUT2D eigenvalue weighted by Crippen LogP contribution is 2.50. The number of methoxy groups -OCH3 is 1. The van der Waals surface area contributed by atoms with Crippen LogP contribution < -0.4 is 9.47 Å². The van der Waals surface area contributed by atoms with E-state index in [4.69, 9.17) is 9.47 Å². The summed E-state index contributed by atoms with van der Waals surface area (Å²) < 4.78 is 38.8. The highest BCUT2D eigenvalue weighted by Gasteiger charge is 2.57. The first-order chi connectivity index (χ1) is 14.1. The van der Waals surface area contributed by atoms with Gasteiger partial charge in [-0.25, -0.2) is 8.42 Å². The monoisotopic (exact) mass is 429 g/mol. The number of hydrogen-bond acceptors (Lipinski definition) is 5. The van der Waals surface area contributed by atoms with Crippen molar-refractivity contribution in [3.05, 3.63) is 53.6 Å². The molecule has 0 spiro atoms. The van der Waals surface area contributed by atoms with E-state index in [9.17, 15) is 13.2 Å². The second-order valence-corrected chi connectivity index (χ2v) is 10.6. The van der Waals surface area contributed by atoms with Gasteiger partial charge in [0.25, 0.3) is 0 Å². The molecule has 1 saturated heterocycles. The zero-order valence-electron chi connectivity index (χ0n) is 17.9. The molecule has 0 N–H and O–H groups in total. The number of fused-ring (bicyclic) bond motifs is 4. The number of benzene rings is 2. The molecule has 6 nitrogen and oxygen atoms in total. The minimum absolute atomic E-state index is 0.165. The van der Waals surface area contributed by atoms with E-state index in [-0.39, 0.29) is 4.90 Å². The molecule has 2 aromatic rings. The van der Waals surface area contributed by atoms with Gasteiger partial charge in [-0.05, 0) is 48.7 Å². The van der Waals surface area contributed by atoms with Crippen LogP contribution in [0.15, 0.2) is 47.4 Å². The number of carbonyl (C=O) groups is 1. The molecule has 2 aromatic carbocycles. The lowest BCUT2D eigenvalue weighted by Gasteiger charge is -2.51. The lowest BCUT2D eigenvalue weighted by molar-refractivity contribution is -0.159. The van der Waals surface area contributed by atoms with E-state index < -0.39 is 32.6 Å². The van der Waals surface area contributed by atoms with Crippen molar-refractivity contribution in [2.45, 2.75) is 54.9 Å². The smallest absolute Gasteiger partial charge is 0.244 e. The van der Waals surface area contributed by atoms with Crippen LogP contribution in [0.2, 0.25) is 0 Å². The molecule has 160 valence electrons. The van der Waals surface area contributed by atoms with Gasteiger partial charge in [-0.1, -0.05) is 26.0 Å². The fourth-order valence-electron chi connectivity index (χ4n) is 4.44. The maximum atomic E-state index is 13.7. The maximum Gasteiger partial charge on any atom is 0.244 e. The van der Waals surface area contributed by atoms with Crippen LogP contribution in [0.5, 0.6) is 11.5 Å². The van der Waals surface area contributed by atoms with Crippen molar-refractivity contribution < 1.29 is 22.7 Å². The van der Waals surface area contributed by atoms with E-state index >= 15 is 0 Å². The van der Waals surface area contributed by atoms with Crippen LogP contribution in [0, 0.1) is 0 Å². The molecule has 0 saturated carbocycles. The molecule has 0 radical (unpaired) electrons. The first-order valence-electron chi connectivity index (χ1n) is 10.1. The van der Waals surface area contributed by atoms with Crippen molar-refractivity contribution >= 4 is 15.7 Å². The topological polar surface area (TPSA) is 72.9 Å².